The van der Waals surface area contributed by atoms with Crippen LogP contribution < -0.4 is 16.2 Å². The van der Waals surface area contributed by atoms with Crippen LogP contribution in [0.4, 0.5) is 17.3 Å². The molecule has 106 valence electrons. The van der Waals surface area contributed by atoms with Crippen molar-refractivity contribution in [2.24, 2.45) is 5.84 Å². The number of hydrazine groups is 1. The fourth-order valence-electron chi connectivity index (χ4n) is 2.22. The number of nitrogens with two attached hydrogens (primary N) is 1. The maximum atomic E-state index is 5.51. The van der Waals surface area contributed by atoms with Gasteiger partial charge in [-0.15, -0.1) is 0 Å². The van der Waals surface area contributed by atoms with Crippen molar-refractivity contribution in [1.29, 1.82) is 0 Å². The summed E-state index contributed by atoms with van der Waals surface area (Å²) in [5, 5.41) is 0. The van der Waals surface area contributed by atoms with Gasteiger partial charge in [-0.05, 0) is 30.5 Å². The van der Waals surface area contributed by atoms with Crippen molar-refractivity contribution in [2.45, 2.75) is 26.7 Å². The van der Waals surface area contributed by atoms with Crippen LogP contribution in [0.3, 0.4) is 0 Å². The predicted molar refractivity (Wildman–Crippen MR) is 83.1 cm³/mol. The van der Waals surface area contributed by atoms with E-state index in [1.807, 2.05) is 7.05 Å². The summed E-state index contributed by atoms with van der Waals surface area (Å²) in [5.74, 6) is 7.06. The normalized spacial score (nSPS) is 10.4. The van der Waals surface area contributed by atoms with Gasteiger partial charge in [-0.1, -0.05) is 26.0 Å². The van der Waals surface area contributed by atoms with E-state index in [0.29, 0.717) is 5.82 Å². The molecule has 5 nitrogen and oxygen atoms in total. The Kier molecular flexibility index (Phi) is 4.53. The van der Waals surface area contributed by atoms with Crippen molar-refractivity contribution in [3.8, 4) is 0 Å². The molecule has 0 spiro atoms. The lowest BCUT2D eigenvalue weighted by Gasteiger charge is -2.22. The highest BCUT2D eigenvalue weighted by atomic mass is 15.3. The summed E-state index contributed by atoms with van der Waals surface area (Å²) < 4.78 is 0. The molecule has 20 heavy (non-hydrogen) atoms. The van der Waals surface area contributed by atoms with Gasteiger partial charge in [0, 0.05) is 18.3 Å². The highest BCUT2D eigenvalue weighted by Gasteiger charge is 2.14. The Morgan fingerprint density at radius 3 is 2.35 bits per heavy atom. The zero-order valence-corrected chi connectivity index (χ0v) is 12.2. The lowest BCUT2D eigenvalue weighted by molar-refractivity contribution is 0.993. The topological polar surface area (TPSA) is 67.1 Å². The van der Waals surface area contributed by atoms with Gasteiger partial charge in [-0.2, -0.15) is 0 Å². The molecule has 0 amide bonds. The Labute approximate surface area is 119 Å². The molecule has 5 heteroatoms. The van der Waals surface area contributed by atoms with E-state index in [4.69, 9.17) is 5.84 Å². The molecular weight excluding hydrogens is 250 g/mol. The zero-order chi connectivity index (χ0) is 14.5. The molecule has 0 bridgehead atoms. The van der Waals surface area contributed by atoms with Crippen molar-refractivity contribution in [2.75, 3.05) is 17.4 Å². The molecule has 3 N–H and O–H groups in total. The summed E-state index contributed by atoms with van der Waals surface area (Å²) in [6, 6.07) is 8.49. The average molecular weight is 271 g/mol. The summed E-state index contributed by atoms with van der Waals surface area (Å²) in [5.41, 5.74) is 6.06. The van der Waals surface area contributed by atoms with E-state index in [0.717, 1.165) is 29.9 Å². The monoisotopic (exact) mass is 271 g/mol. The van der Waals surface area contributed by atoms with Crippen LogP contribution in [0.15, 0.2) is 30.6 Å². The highest BCUT2D eigenvalue weighted by Crippen LogP contribution is 2.28. The third kappa shape index (κ3) is 2.72. The zero-order valence-electron chi connectivity index (χ0n) is 12.2. The van der Waals surface area contributed by atoms with Crippen molar-refractivity contribution in [3.63, 3.8) is 0 Å². The second-order valence-corrected chi connectivity index (χ2v) is 4.60. The van der Waals surface area contributed by atoms with Crippen LogP contribution in [-0.2, 0) is 12.8 Å². The van der Waals surface area contributed by atoms with Crippen LogP contribution in [0.1, 0.15) is 25.0 Å². The molecule has 1 aromatic heterocycles. The van der Waals surface area contributed by atoms with Crippen molar-refractivity contribution in [1.82, 2.24) is 9.97 Å². The van der Waals surface area contributed by atoms with Gasteiger partial charge in [-0.25, -0.2) is 15.8 Å². The van der Waals surface area contributed by atoms with Crippen LogP contribution >= 0.6 is 0 Å². The molecule has 0 atom stereocenters. The predicted octanol–water partition coefficient (Wildman–Crippen LogP) is 2.65. The minimum Gasteiger partial charge on any atom is -0.329 e. The minimum absolute atomic E-state index is 0.675. The van der Waals surface area contributed by atoms with Gasteiger partial charge in [0.2, 0.25) is 0 Å². The number of nitrogens with one attached hydrogen (secondary N) is 1. The molecule has 0 unspecified atom stereocenters. The minimum atomic E-state index is 0.675. The number of aryl methyl sites for hydroxylation is 1. The van der Waals surface area contributed by atoms with E-state index in [-0.39, 0.29) is 0 Å². The van der Waals surface area contributed by atoms with Gasteiger partial charge in [-0.3, -0.25) is 0 Å². The second kappa shape index (κ2) is 6.34. The van der Waals surface area contributed by atoms with Crippen LogP contribution in [0.5, 0.6) is 0 Å². The Hall–Kier alpha value is -2.14. The molecule has 1 heterocycles. The Balaban J connectivity index is 2.39. The van der Waals surface area contributed by atoms with Crippen molar-refractivity contribution in [3.05, 3.63) is 41.7 Å². The van der Waals surface area contributed by atoms with Gasteiger partial charge in [0.15, 0.2) is 0 Å². The van der Waals surface area contributed by atoms with Gasteiger partial charge < -0.3 is 10.3 Å². The van der Waals surface area contributed by atoms with E-state index in [1.54, 1.807) is 0 Å². The smallest absolute Gasteiger partial charge is 0.148 e. The number of rotatable bonds is 5. The molecule has 0 fully saturated rings. The first-order valence-corrected chi connectivity index (χ1v) is 6.84. The highest BCUT2D eigenvalue weighted by molar-refractivity contribution is 5.66. The summed E-state index contributed by atoms with van der Waals surface area (Å²) >= 11 is 0. The molecule has 0 saturated heterocycles. The van der Waals surface area contributed by atoms with Crippen LogP contribution in [0.25, 0.3) is 0 Å². The largest absolute Gasteiger partial charge is 0.329 e. The fourth-order valence-corrected chi connectivity index (χ4v) is 2.22. The standard InChI is InChI=1S/C15H21N5/c1-4-11-6-8-12(9-7-11)20(3)15-13(5-2)14(19-16)17-10-18-15/h6-10H,4-5,16H2,1-3H3,(H,17,18,19). The third-order valence-corrected chi connectivity index (χ3v) is 3.46. The van der Waals surface area contributed by atoms with E-state index in [9.17, 15) is 0 Å². The van der Waals surface area contributed by atoms with Crippen LogP contribution in [0.2, 0.25) is 0 Å². The van der Waals surface area contributed by atoms with Gasteiger partial charge in [0.05, 0.1) is 0 Å². The van der Waals surface area contributed by atoms with Crippen LogP contribution in [-0.4, -0.2) is 17.0 Å². The van der Waals surface area contributed by atoms with E-state index in [1.165, 1.54) is 11.9 Å². The molecule has 0 aliphatic heterocycles. The van der Waals surface area contributed by atoms with Gasteiger partial charge >= 0.3 is 0 Å². The molecule has 0 aliphatic rings. The molecule has 1 aromatic carbocycles. The van der Waals surface area contributed by atoms with E-state index >= 15 is 0 Å². The molecule has 0 aliphatic carbocycles. The molecule has 2 rings (SSSR count). The van der Waals surface area contributed by atoms with Gasteiger partial charge in [0.25, 0.3) is 0 Å². The first-order valence-electron chi connectivity index (χ1n) is 6.84. The van der Waals surface area contributed by atoms with Gasteiger partial charge in [0.1, 0.15) is 18.0 Å². The summed E-state index contributed by atoms with van der Waals surface area (Å²) in [6.07, 6.45) is 3.38. The second-order valence-electron chi connectivity index (χ2n) is 4.60. The Morgan fingerprint density at radius 2 is 1.80 bits per heavy atom. The average Bonchev–Trinajstić information content (AvgIpc) is 2.53. The number of aromatic nitrogens is 2. The Bertz CT molecular complexity index is 565. The lowest BCUT2D eigenvalue weighted by Crippen LogP contribution is -2.17. The number of anilines is 3. The first kappa shape index (κ1) is 14.3. The molecule has 2 aromatic rings. The lowest BCUT2D eigenvalue weighted by atomic mass is 10.1. The van der Waals surface area contributed by atoms with E-state index in [2.05, 4.69) is 58.4 Å². The Morgan fingerprint density at radius 1 is 1.10 bits per heavy atom. The van der Waals surface area contributed by atoms with Crippen LogP contribution in [0, 0.1) is 0 Å². The quantitative estimate of drug-likeness (QED) is 0.646. The number of hydrogen-bond donors (Lipinski definition) is 2. The molecular formula is C15H21N5. The SMILES string of the molecule is CCc1ccc(N(C)c2ncnc(NN)c2CC)cc1. The number of hydrogen-bond acceptors (Lipinski definition) is 5. The molecule has 0 saturated carbocycles. The fraction of sp³-hybridized carbons (Fsp3) is 0.333. The maximum Gasteiger partial charge on any atom is 0.148 e. The van der Waals surface area contributed by atoms with Crippen molar-refractivity contribution >= 4 is 17.3 Å². The number of benzene rings is 1. The number of nitrogens with zero attached hydrogens (tertiary/aromatic N) is 3. The maximum absolute atomic E-state index is 5.51. The van der Waals surface area contributed by atoms with Crippen molar-refractivity contribution < 1.29 is 0 Å². The molecule has 0 radical (unpaired) electrons. The summed E-state index contributed by atoms with van der Waals surface area (Å²) in [6.45, 7) is 4.22. The summed E-state index contributed by atoms with van der Waals surface area (Å²) in [4.78, 5) is 10.6. The third-order valence-electron chi connectivity index (χ3n) is 3.46. The summed E-state index contributed by atoms with van der Waals surface area (Å²) in [7, 11) is 2.00. The van der Waals surface area contributed by atoms with E-state index < -0.39 is 0 Å². The first-order chi connectivity index (χ1) is 9.71. The number of nitrogen functional groups attached to an aromatic ring is 1.